The third kappa shape index (κ3) is 2.51. The zero-order valence-corrected chi connectivity index (χ0v) is 7.89. The second-order valence-electron chi connectivity index (χ2n) is 2.12. The normalized spacial score (nSPS) is 8.71. The molecule has 1 amide bonds. The molecule has 1 heterocycles. The number of aromatic hydroxyl groups is 1. The molecule has 4 N–H and O–H groups in total. The van der Waals surface area contributed by atoms with E-state index in [9.17, 15) is 9.59 Å². The highest BCUT2D eigenvalue weighted by atomic mass is 16.5. The molecule has 0 saturated heterocycles. The molecular formula is C8H12N2O4. The van der Waals surface area contributed by atoms with E-state index >= 15 is 0 Å². The van der Waals surface area contributed by atoms with Crippen LogP contribution in [0.1, 0.15) is 24.3 Å². The number of nitrogens with two attached hydrogens (primary N) is 1. The lowest BCUT2D eigenvalue weighted by molar-refractivity contribution is 0.0944. The molecule has 78 valence electrons. The van der Waals surface area contributed by atoms with Gasteiger partial charge in [-0.3, -0.25) is 9.59 Å². The van der Waals surface area contributed by atoms with Crippen molar-refractivity contribution < 1.29 is 15.1 Å². The Morgan fingerprint density at radius 2 is 2.00 bits per heavy atom. The Morgan fingerprint density at radius 3 is 2.43 bits per heavy atom. The monoisotopic (exact) mass is 200 g/mol. The molecule has 6 heteroatoms. The van der Waals surface area contributed by atoms with Gasteiger partial charge >= 0.3 is 0 Å². The molecule has 0 unspecified atom stereocenters. The third-order valence-electron chi connectivity index (χ3n) is 1.26. The van der Waals surface area contributed by atoms with E-state index in [1.807, 2.05) is 13.8 Å². The summed E-state index contributed by atoms with van der Waals surface area (Å²) in [6.07, 6.45) is 0.697. The van der Waals surface area contributed by atoms with Crippen molar-refractivity contribution in [2.24, 2.45) is 5.73 Å². The van der Waals surface area contributed by atoms with Gasteiger partial charge in [-0.15, -0.1) is 0 Å². The first-order valence-corrected chi connectivity index (χ1v) is 3.97. The van der Waals surface area contributed by atoms with Crippen LogP contribution in [0.2, 0.25) is 0 Å². The predicted octanol–water partition coefficient (Wildman–Crippen LogP) is -0.0837. The van der Waals surface area contributed by atoms with Gasteiger partial charge in [0.25, 0.3) is 5.91 Å². The van der Waals surface area contributed by atoms with Gasteiger partial charge in [0.1, 0.15) is 5.69 Å². The predicted molar refractivity (Wildman–Crippen MR) is 49.4 cm³/mol. The van der Waals surface area contributed by atoms with Crippen LogP contribution in [0.3, 0.4) is 0 Å². The number of nitrogens with zero attached hydrogens (tertiary/aromatic N) is 1. The molecule has 6 nitrogen and oxygen atoms in total. The van der Waals surface area contributed by atoms with Crippen molar-refractivity contribution in [1.82, 2.24) is 4.73 Å². The number of pyridine rings is 1. The molecule has 0 atom stereocenters. The van der Waals surface area contributed by atoms with Crippen molar-refractivity contribution in [3.63, 3.8) is 0 Å². The summed E-state index contributed by atoms with van der Waals surface area (Å²) in [5.74, 6) is -1.60. The van der Waals surface area contributed by atoms with Crippen LogP contribution in [0.4, 0.5) is 0 Å². The van der Waals surface area contributed by atoms with Crippen molar-refractivity contribution in [3.05, 3.63) is 28.2 Å². The van der Waals surface area contributed by atoms with Crippen molar-refractivity contribution in [1.29, 1.82) is 0 Å². The average Bonchev–Trinajstić information content (AvgIpc) is 2.14. The van der Waals surface area contributed by atoms with Crippen molar-refractivity contribution in [3.8, 4) is 5.75 Å². The summed E-state index contributed by atoms with van der Waals surface area (Å²) < 4.78 is 0.291. The van der Waals surface area contributed by atoms with Gasteiger partial charge in [-0.05, 0) is 0 Å². The lowest BCUT2D eigenvalue weighted by Gasteiger charge is -2.01. The van der Waals surface area contributed by atoms with E-state index in [2.05, 4.69) is 0 Å². The van der Waals surface area contributed by atoms with Gasteiger partial charge in [-0.25, -0.2) is 0 Å². The number of primary amides is 1. The number of carbonyl (C=O) groups is 1. The maximum absolute atomic E-state index is 10.7. The van der Waals surface area contributed by atoms with Gasteiger partial charge in [-0.1, -0.05) is 13.8 Å². The Morgan fingerprint density at radius 1 is 1.50 bits per heavy atom. The van der Waals surface area contributed by atoms with E-state index < -0.39 is 17.1 Å². The fourth-order valence-electron chi connectivity index (χ4n) is 0.697. The lowest BCUT2D eigenvalue weighted by Crippen LogP contribution is -2.20. The van der Waals surface area contributed by atoms with Crippen LogP contribution < -0.4 is 11.2 Å². The number of hydrogen-bond donors (Lipinski definition) is 3. The first-order chi connectivity index (χ1) is 6.52. The molecule has 14 heavy (non-hydrogen) atoms. The second kappa shape index (κ2) is 4.90. The average molecular weight is 200 g/mol. The van der Waals surface area contributed by atoms with E-state index in [4.69, 9.17) is 16.0 Å². The second-order valence-corrected chi connectivity index (χ2v) is 2.12. The molecule has 1 aromatic rings. The zero-order valence-electron chi connectivity index (χ0n) is 7.89. The molecule has 1 rings (SSSR count). The Bertz CT molecular complexity index is 383. The minimum Gasteiger partial charge on any atom is -0.503 e. The van der Waals surface area contributed by atoms with Crippen LogP contribution in [0, 0.1) is 0 Å². The van der Waals surface area contributed by atoms with Gasteiger partial charge in [0.05, 0.1) is 6.20 Å². The molecule has 0 aromatic carbocycles. The van der Waals surface area contributed by atoms with Crippen LogP contribution in [-0.2, 0) is 0 Å². The third-order valence-corrected chi connectivity index (χ3v) is 1.26. The Labute approximate surface area is 80.2 Å². The maximum atomic E-state index is 10.7. The number of aromatic nitrogens is 1. The van der Waals surface area contributed by atoms with E-state index in [-0.39, 0.29) is 5.69 Å². The van der Waals surface area contributed by atoms with Crippen molar-refractivity contribution in [2.45, 2.75) is 13.8 Å². The van der Waals surface area contributed by atoms with Crippen LogP contribution in [-0.4, -0.2) is 21.0 Å². The number of amides is 1. The van der Waals surface area contributed by atoms with E-state index in [1.165, 1.54) is 0 Å². The van der Waals surface area contributed by atoms with Gasteiger partial charge in [0.2, 0.25) is 5.43 Å². The van der Waals surface area contributed by atoms with Crippen molar-refractivity contribution in [2.75, 3.05) is 0 Å². The topological polar surface area (TPSA) is 106 Å². The van der Waals surface area contributed by atoms with Gasteiger partial charge < -0.3 is 16.0 Å². The molecular weight excluding hydrogens is 188 g/mol. The van der Waals surface area contributed by atoms with Gasteiger partial charge in [0, 0.05) is 6.07 Å². The fourth-order valence-corrected chi connectivity index (χ4v) is 0.697. The summed E-state index contributed by atoms with van der Waals surface area (Å²) in [6.45, 7) is 4.00. The van der Waals surface area contributed by atoms with Crippen LogP contribution in [0.5, 0.6) is 5.75 Å². The Balaban J connectivity index is 0.000000791. The number of carbonyl (C=O) groups excluding carboxylic acids is 1. The van der Waals surface area contributed by atoms with Crippen LogP contribution >= 0.6 is 0 Å². The van der Waals surface area contributed by atoms with Gasteiger partial charge in [0.15, 0.2) is 5.75 Å². The molecule has 1 aromatic heterocycles. The molecule has 0 saturated carbocycles. The summed E-state index contributed by atoms with van der Waals surface area (Å²) in [5, 5.41) is 17.7. The summed E-state index contributed by atoms with van der Waals surface area (Å²) in [5.41, 5.74) is 3.65. The highest BCUT2D eigenvalue weighted by Crippen LogP contribution is 2.01. The maximum Gasteiger partial charge on any atom is 0.268 e. The standard InChI is InChI=1S/C6H6N2O4.C2H6/c7-6(11)3-1-4(9)5(10)2-8(3)12;1-2/h1-2,10,12H,(H2,7,11);1-2H3. The summed E-state index contributed by atoms with van der Waals surface area (Å²) in [7, 11) is 0. The van der Waals surface area contributed by atoms with E-state index in [0.29, 0.717) is 10.9 Å². The lowest BCUT2D eigenvalue weighted by atomic mass is 10.3. The minimum absolute atomic E-state index is 0.291. The highest BCUT2D eigenvalue weighted by Gasteiger charge is 2.08. The van der Waals surface area contributed by atoms with E-state index in [0.717, 1.165) is 6.07 Å². The molecule has 0 spiro atoms. The summed E-state index contributed by atoms with van der Waals surface area (Å²) in [4.78, 5) is 21.2. The minimum atomic E-state index is -0.949. The van der Waals surface area contributed by atoms with E-state index in [1.54, 1.807) is 0 Å². The largest absolute Gasteiger partial charge is 0.503 e. The Kier molecular flexibility index (Phi) is 4.21. The number of hydrogen-bond acceptors (Lipinski definition) is 4. The molecule has 0 bridgehead atoms. The molecule has 0 aliphatic carbocycles. The first kappa shape index (κ1) is 12.0. The molecule has 0 fully saturated rings. The quantitative estimate of drug-likeness (QED) is 0.551. The fraction of sp³-hybridized carbons (Fsp3) is 0.250. The summed E-state index contributed by atoms with van der Waals surface area (Å²) in [6, 6.07) is 0.748. The highest BCUT2D eigenvalue weighted by molar-refractivity contribution is 5.90. The smallest absolute Gasteiger partial charge is 0.268 e. The SMILES string of the molecule is CC.NC(=O)c1cc(=O)c(O)cn1O. The van der Waals surface area contributed by atoms with Crippen molar-refractivity contribution >= 4 is 5.91 Å². The number of rotatable bonds is 1. The summed E-state index contributed by atoms with van der Waals surface area (Å²) >= 11 is 0. The van der Waals surface area contributed by atoms with Crippen LogP contribution in [0.15, 0.2) is 17.1 Å². The van der Waals surface area contributed by atoms with Gasteiger partial charge in [-0.2, -0.15) is 4.73 Å². The first-order valence-electron chi connectivity index (χ1n) is 3.97. The zero-order chi connectivity index (χ0) is 11.3. The Hall–Kier alpha value is -1.98. The van der Waals surface area contributed by atoms with Crippen LogP contribution in [0.25, 0.3) is 0 Å². The molecule has 0 radical (unpaired) electrons. The molecule has 0 aliphatic rings. The molecule has 0 aliphatic heterocycles.